The normalized spacial score (nSPS) is 11.6. The maximum atomic E-state index is 9.41. The Bertz CT molecular complexity index is 915. The lowest BCUT2D eigenvalue weighted by atomic mass is 10.2. The molecule has 0 amide bonds. The van der Waals surface area contributed by atoms with Crippen molar-refractivity contribution in [3.05, 3.63) is 96.6 Å². The molecule has 0 saturated carbocycles. The highest BCUT2D eigenvalue weighted by molar-refractivity contribution is 7.79. The molecule has 0 aromatic heterocycles. The second-order valence-corrected chi connectivity index (χ2v) is 7.96. The van der Waals surface area contributed by atoms with Crippen molar-refractivity contribution < 1.29 is 0 Å². The molecule has 4 nitrogen and oxygen atoms in total. The zero-order valence-electron chi connectivity index (χ0n) is 13.5. The lowest BCUT2D eigenvalue weighted by Gasteiger charge is -2.20. The van der Waals surface area contributed by atoms with E-state index in [-0.39, 0.29) is 0 Å². The van der Waals surface area contributed by atoms with Gasteiger partial charge in [-0.25, -0.2) is 4.76 Å². The zero-order valence-corrected chi connectivity index (χ0v) is 14.4. The summed E-state index contributed by atoms with van der Waals surface area (Å²) in [6.07, 6.45) is 1.97. The van der Waals surface area contributed by atoms with Crippen LogP contribution < -0.4 is 16.3 Å². The summed E-state index contributed by atoms with van der Waals surface area (Å²) in [7, 11) is -2.70. The van der Waals surface area contributed by atoms with Gasteiger partial charge in [-0.2, -0.15) is 10.0 Å². The Morgan fingerprint density at radius 2 is 1.20 bits per heavy atom. The van der Waals surface area contributed by atoms with Gasteiger partial charge in [-0.3, -0.25) is 0 Å². The van der Waals surface area contributed by atoms with E-state index < -0.39 is 7.21 Å². The molecule has 0 spiro atoms. The third-order valence-electron chi connectivity index (χ3n) is 3.74. The van der Waals surface area contributed by atoms with Gasteiger partial charge in [0.25, 0.3) is 0 Å². The quantitative estimate of drug-likeness (QED) is 0.340. The topological polar surface area (TPSA) is 74.5 Å². The van der Waals surface area contributed by atoms with E-state index in [1.165, 1.54) is 0 Å². The largest absolute Gasteiger partial charge is 0.383 e. The summed E-state index contributed by atoms with van der Waals surface area (Å²) in [5, 5.41) is 11.2. The molecule has 122 valence electrons. The van der Waals surface area contributed by atoms with E-state index in [0.717, 1.165) is 16.2 Å². The van der Waals surface area contributed by atoms with Gasteiger partial charge in [0.2, 0.25) is 6.19 Å². The summed E-state index contributed by atoms with van der Waals surface area (Å²) in [4.78, 5) is 0. The Morgan fingerprint density at radius 3 is 1.64 bits per heavy atom. The standard InChI is InChI=1S/C20H17N4P/c21-16-23-25(18-12-6-2-7-13-18,19-14-8-3-9-15-19)24-20(22)17-10-4-1-5-11-17/h1-15H,(H2,22,24). The Morgan fingerprint density at radius 1 is 0.760 bits per heavy atom. The summed E-state index contributed by atoms with van der Waals surface area (Å²) in [5.41, 5.74) is 7.11. The summed E-state index contributed by atoms with van der Waals surface area (Å²) in [6.45, 7) is 0. The van der Waals surface area contributed by atoms with Crippen LogP contribution in [0, 0.1) is 11.5 Å². The van der Waals surface area contributed by atoms with Gasteiger partial charge in [0.15, 0.2) is 7.21 Å². The highest BCUT2D eigenvalue weighted by atomic mass is 31.2. The van der Waals surface area contributed by atoms with Crippen molar-refractivity contribution in [3.63, 3.8) is 0 Å². The monoisotopic (exact) mass is 344 g/mol. The maximum Gasteiger partial charge on any atom is 0.206 e. The van der Waals surface area contributed by atoms with Gasteiger partial charge in [-0.15, -0.1) is 0 Å². The van der Waals surface area contributed by atoms with E-state index in [1.807, 2.05) is 97.2 Å². The van der Waals surface area contributed by atoms with Crippen LogP contribution in [-0.4, -0.2) is 5.84 Å². The minimum atomic E-state index is -2.70. The number of benzene rings is 3. The highest BCUT2D eigenvalue weighted by Gasteiger charge is 2.25. The van der Waals surface area contributed by atoms with Crippen molar-refractivity contribution >= 4 is 23.6 Å². The molecule has 3 rings (SSSR count). The van der Waals surface area contributed by atoms with Crippen molar-refractivity contribution in [3.8, 4) is 6.19 Å². The lowest BCUT2D eigenvalue weighted by molar-refractivity contribution is 1.45. The molecule has 0 heterocycles. The maximum absolute atomic E-state index is 9.41. The van der Waals surface area contributed by atoms with Gasteiger partial charge in [0.1, 0.15) is 5.84 Å². The predicted octanol–water partition coefficient (Wildman–Crippen LogP) is 3.64. The Labute approximate surface area is 147 Å². The second kappa shape index (κ2) is 7.61. The first kappa shape index (κ1) is 16.7. The van der Waals surface area contributed by atoms with Crippen molar-refractivity contribution in [2.45, 2.75) is 0 Å². The molecule has 0 aliphatic rings. The van der Waals surface area contributed by atoms with E-state index in [2.05, 4.69) is 4.74 Å². The number of amidine groups is 1. The molecule has 0 bridgehead atoms. The van der Waals surface area contributed by atoms with Gasteiger partial charge in [-0.1, -0.05) is 91.0 Å². The first-order valence-electron chi connectivity index (χ1n) is 7.79. The van der Waals surface area contributed by atoms with Crippen molar-refractivity contribution in [1.29, 1.82) is 5.26 Å². The van der Waals surface area contributed by atoms with E-state index >= 15 is 0 Å². The van der Waals surface area contributed by atoms with Crippen LogP contribution in [0.15, 0.2) is 101 Å². The van der Waals surface area contributed by atoms with Crippen LogP contribution in [0.4, 0.5) is 0 Å². The number of nitrogens with two attached hydrogens (primary N) is 1. The minimum absolute atomic E-state index is 0.376. The van der Waals surface area contributed by atoms with E-state index in [0.29, 0.717) is 5.84 Å². The Balaban J connectivity index is 2.30. The van der Waals surface area contributed by atoms with Crippen LogP contribution in [0.5, 0.6) is 0 Å². The lowest BCUT2D eigenvalue weighted by Crippen LogP contribution is -2.20. The van der Waals surface area contributed by atoms with Crippen LogP contribution in [0.3, 0.4) is 0 Å². The second-order valence-electron chi connectivity index (χ2n) is 5.32. The van der Waals surface area contributed by atoms with Crippen molar-refractivity contribution in [2.75, 3.05) is 0 Å². The molecule has 0 saturated heterocycles. The SMILES string of the molecule is N#CN=P(/N=C(/N)c1ccccc1)(c1ccccc1)c1ccccc1. The summed E-state index contributed by atoms with van der Waals surface area (Å²) in [6, 6.07) is 28.9. The molecular weight excluding hydrogens is 327 g/mol. The third kappa shape index (κ3) is 3.52. The van der Waals surface area contributed by atoms with Gasteiger partial charge >= 0.3 is 0 Å². The molecule has 3 aromatic carbocycles. The number of hydrogen-bond donors (Lipinski definition) is 1. The fourth-order valence-electron chi connectivity index (χ4n) is 2.56. The smallest absolute Gasteiger partial charge is 0.206 e. The molecule has 0 fully saturated rings. The Kier molecular flexibility index (Phi) is 5.09. The first-order chi connectivity index (χ1) is 12.3. The summed E-state index contributed by atoms with van der Waals surface area (Å²) >= 11 is 0. The van der Waals surface area contributed by atoms with Crippen molar-refractivity contribution in [1.82, 2.24) is 0 Å². The number of nitrogens with zero attached hydrogens (tertiary/aromatic N) is 3. The van der Waals surface area contributed by atoms with Gasteiger partial charge in [0.05, 0.1) is 0 Å². The van der Waals surface area contributed by atoms with Crippen LogP contribution in [0.25, 0.3) is 0 Å². The van der Waals surface area contributed by atoms with Crippen LogP contribution >= 0.6 is 7.21 Å². The van der Waals surface area contributed by atoms with Crippen molar-refractivity contribution in [2.24, 2.45) is 15.2 Å². The van der Waals surface area contributed by atoms with Gasteiger partial charge < -0.3 is 5.73 Å². The molecule has 0 aliphatic heterocycles. The molecule has 3 aromatic rings. The molecule has 0 atom stereocenters. The average Bonchev–Trinajstić information content (AvgIpc) is 2.69. The zero-order chi connectivity index (χ0) is 17.5. The Hall–Kier alpha value is -3.15. The molecule has 5 heteroatoms. The van der Waals surface area contributed by atoms with E-state index in [1.54, 1.807) is 0 Å². The predicted molar refractivity (Wildman–Crippen MR) is 104 cm³/mol. The molecule has 2 N–H and O–H groups in total. The molecule has 0 radical (unpaired) electrons. The molecule has 0 aliphatic carbocycles. The first-order valence-corrected chi connectivity index (χ1v) is 9.48. The summed E-state index contributed by atoms with van der Waals surface area (Å²) < 4.78 is 9.14. The number of hydrogen-bond acceptors (Lipinski definition) is 2. The summed E-state index contributed by atoms with van der Waals surface area (Å²) in [5.74, 6) is 0.376. The number of rotatable bonds is 4. The number of nitriles is 1. The molecular formula is C20H17N4P. The fourth-order valence-corrected chi connectivity index (χ4v) is 5.10. The van der Waals surface area contributed by atoms with Crippen LogP contribution in [-0.2, 0) is 0 Å². The average molecular weight is 344 g/mol. The van der Waals surface area contributed by atoms with E-state index in [9.17, 15) is 5.26 Å². The van der Waals surface area contributed by atoms with E-state index in [4.69, 9.17) is 10.5 Å². The van der Waals surface area contributed by atoms with Gasteiger partial charge in [0, 0.05) is 16.2 Å². The highest BCUT2D eigenvalue weighted by Crippen LogP contribution is 2.49. The molecule has 25 heavy (non-hydrogen) atoms. The minimum Gasteiger partial charge on any atom is -0.383 e. The van der Waals surface area contributed by atoms with Gasteiger partial charge in [-0.05, 0) is 0 Å². The molecule has 0 unspecified atom stereocenters. The van der Waals surface area contributed by atoms with Crippen LogP contribution in [0.2, 0.25) is 0 Å². The third-order valence-corrected chi connectivity index (χ3v) is 6.66. The van der Waals surface area contributed by atoms with Crippen LogP contribution in [0.1, 0.15) is 5.56 Å². The fraction of sp³-hybridized carbons (Fsp3) is 0.